The second-order valence-electron chi connectivity index (χ2n) is 5.62. The Balaban J connectivity index is 2.16. The minimum Gasteiger partial charge on any atom is -0.508 e. The van der Waals surface area contributed by atoms with Crippen LogP contribution in [0.2, 0.25) is 0 Å². The van der Waals surface area contributed by atoms with Crippen molar-refractivity contribution in [3.8, 4) is 11.5 Å². The van der Waals surface area contributed by atoms with Crippen molar-refractivity contribution in [3.63, 3.8) is 0 Å². The normalized spacial score (nSPS) is 30.2. The first kappa shape index (κ1) is 14.7. The molecule has 112 valence electrons. The smallest absolute Gasteiger partial charge is 0.187 e. The molecular formula is C15H17BrN2O2S. The number of nitrogens with one attached hydrogen (secondary N) is 1. The van der Waals surface area contributed by atoms with Crippen LogP contribution >= 0.6 is 28.1 Å². The Hall–Kier alpha value is -1.27. The van der Waals surface area contributed by atoms with Gasteiger partial charge in [0.2, 0.25) is 0 Å². The Morgan fingerprint density at radius 1 is 1.62 bits per heavy atom. The fourth-order valence-electron chi connectivity index (χ4n) is 3.13. The van der Waals surface area contributed by atoms with Gasteiger partial charge in [0.25, 0.3) is 0 Å². The number of hydrogen-bond donors (Lipinski definition) is 2. The Labute approximate surface area is 137 Å². The zero-order valence-corrected chi connectivity index (χ0v) is 14.3. The highest BCUT2D eigenvalue weighted by Gasteiger charge is 2.53. The number of rotatable bonds is 2. The van der Waals surface area contributed by atoms with Gasteiger partial charge in [-0.1, -0.05) is 13.0 Å². The highest BCUT2D eigenvalue weighted by atomic mass is 79.9. The average Bonchev–Trinajstić information content (AvgIpc) is 2.41. The van der Waals surface area contributed by atoms with E-state index < -0.39 is 5.72 Å². The molecule has 4 nitrogen and oxygen atoms in total. The van der Waals surface area contributed by atoms with Crippen molar-refractivity contribution in [1.82, 2.24) is 10.2 Å². The predicted octanol–water partition coefficient (Wildman–Crippen LogP) is 3.32. The summed E-state index contributed by atoms with van der Waals surface area (Å²) in [7, 11) is 0. The van der Waals surface area contributed by atoms with E-state index in [-0.39, 0.29) is 17.7 Å². The molecule has 2 N–H and O–H groups in total. The largest absolute Gasteiger partial charge is 0.508 e. The first-order chi connectivity index (χ1) is 9.88. The van der Waals surface area contributed by atoms with E-state index in [1.54, 1.807) is 12.1 Å². The number of benzene rings is 1. The summed E-state index contributed by atoms with van der Waals surface area (Å²) in [5.74, 6) is 1.12. The molecule has 1 aromatic rings. The van der Waals surface area contributed by atoms with Crippen molar-refractivity contribution in [2.24, 2.45) is 5.92 Å². The molecule has 2 aliphatic heterocycles. The topological polar surface area (TPSA) is 44.7 Å². The molecule has 6 heteroatoms. The van der Waals surface area contributed by atoms with E-state index >= 15 is 0 Å². The van der Waals surface area contributed by atoms with Gasteiger partial charge in [-0.05, 0) is 47.2 Å². The van der Waals surface area contributed by atoms with E-state index in [0.717, 1.165) is 15.8 Å². The molecule has 3 atom stereocenters. The molecule has 0 spiro atoms. The molecule has 0 amide bonds. The maximum atomic E-state index is 9.85. The summed E-state index contributed by atoms with van der Waals surface area (Å²) in [5.41, 5.74) is 0.376. The van der Waals surface area contributed by atoms with Gasteiger partial charge in [0.1, 0.15) is 11.5 Å². The molecule has 1 aromatic carbocycles. The van der Waals surface area contributed by atoms with Crippen LogP contribution in [0.25, 0.3) is 0 Å². The lowest BCUT2D eigenvalue weighted by Crippen LogP contribution is -2.68. The maximum absolute atomic E-state index is 9.85. The third-order valence-electron chi connectivity index (χ3n) is 4.42. The molecule has 21 heavy (non-hydrogen) atoms. The van der Waals surface area contributed by atoms with Gasteiger partial charge in [0.05, 0.1) is 10.5 Å². The van der Waals surface area contributed by atoms with Gasteiger partial charge in [-0.25, -0.2) is 0 Å². The molecule has 0 radical (unpaired) electrons. The number of nitrogens with zero attached hydrogens (tertiary/aromatic N) is 1. The second-order valence-corrected chi connectivity index (χ2v) is 6.86. The molecular weight excluding hydrogens is 352 g/mol. The van der Waals surface area contributed by atoms with Gasteiger partial charge in [-0.3, -0.25) is 0 Å². The van der Waals surface area contributed by atoms with Crippen molar-refractivity contribution in [1.29, 1.82) is 0 Å². The highest BCUT2D eigenvalue weighted by molar-refractivity contribution is 9.10. The Morgan fingerprint density at radius 3 is 3.00 bits per heavy atom. The maximum Gasteiger partial charge on any atom is 0.187 e. The standard InChI is InChI=1S/C15H17BrN2O2S/c1-4-5-18-14(21)17-12-8(2)15(18,3)20-13-10(12)6-9(19)7-11(13)16/h4,6-8,12,19H,1,5H2,2-3H3,(H,17,21). The van der Waals surface area contributed by atoms with E-state index in [4.69, 9.17) is 17.0 Å². The minimum atomic E-state index is -0.548. The van der Waals surface area contributed by atoms with Crippen LogP contribution in [0.1, 0.15) is 25.5 Å². The third kappa shape index (κ3) is 2.04. The van der Waals surface area contributed by atoms with Gasteiger partial charge in [0, 0.05) is 18.0 Å². The van der Waals surface area contributed by atoms with Crippen LogP contribution in [0.5, 0.6) is 11.5 Å². The molecule has 1 fully saturated rings. The molecule has 2 bridgehead atoms. The van der Waals surface area contributed by atoms with Crippen LogP contribution in [-0.4, -0.2) is 27.4 Å². The van der Waals surface area contributed by atoms with Crippen molar-refractivity contribution < 1.29 is 9.84 Å². The van der Waals surface area contributed by atoms with E-state index in [1.165, 1.54) is 0 Å². The van der Waals surface area contributed by atoms with Gasteiger partial charge in [-0.15, -0.1) is 6.58 Å². The number of aromatic hydroxyl groups is 1. The summed E-state index contributed by atoms with van der Waals surface area (Å²) < 4.78 is 7.06. The lowest BCUT2D eigenvalue weighted by atomic mass is 9.81. The van der Waals surface area contributed by atoms with Crippen LogP contribution in [-0.2, 0) is 0 Å². The monoisotopic (exact) mass is 368 g/mol. The fourth-order valence-corrected chi connectivity index (χ4v) is 4.05. The van der Waals surface area contributed by atoms with Crippen molar-refractivity contribution >= 4 is 33.3 Å². The summed E-state index contributed by atoms with van der Waals surface area (Å²) in [6, 6.07) is 3.39. The summed E-state index contributed by atoms with van der Waals surface area (Å²) in [6.07, 6.45) is 1.82. The number of hydrogen-bond acceptors (Lipinski definition) is 3. The van der Waals surface area contributed by atoms with E-state index in [1.807, 2.05) is 17.9 Å². The predicted molar refractivity (Wildman–Crippen MR) is 89.4 cm³/mol. The molecule has 2 aliphatic rings. The van der Waals surface area contributed by atoms with Gasteiger partial charge in [0.15, 0.2) is 10.8 Å². The number of fused-ring (bicyclic) bond motifs is 4. The Bertz CT molecular complexity index is 636. The lowest BCUT2D eigenvalue weighted by Gasteiger charge is -2.56. The average molecular weight is 369 g/mol. The number of thiocarbonyl (C=S) groups is 1. The lowest BCUT2D eigenvalue weighted by molar-refractivity contribution is -0.106. The zero-order valence-electron chi connectivity index (χ0n) is 11.9. The Kier molecular flexibility index (Phi) is 3.41. The molecule has 3 rings (SSSR count). The number of phenolic OH excluding ortho intramolecular Hbond substituents is 1. The van der Waals surface area contributed by atoms with E-state index in [2.05, 4.69) is 34.7 Å². The van der Waals surface area contributed by atoms with Crippen LogP contribution in [0.3, 0.4) is 0 Å². The van der Waals surface area contributed by atoms with Crippen LogP contribution in [0.4, 0.5) is 0 Å². The molecule has 0 aromatic heterocycles. The molecule has 0 saturated carbocycles. The molecule has 2 heterocycles. The highest BCUT2D eigenvalue weighted by Crippen LogP contribution is 2.51. The quantitative estimate of drug-likeness (QED) is 0.619. The van der Waals surface area contributed by atoms with Crippen molar-refractivity contribution in [3.05, 3.63) is 34.8 Å². The van der Waals surface area contributed by atoms with Gasteiger partial charge >= 0.3 is 0 Å². The second kappa shape index (κ2) is 4.88. The first-order valence-electron chi connectivity index (χ1n) is 6.79. The summed E-state index contributed by atoms with van der Waals surface area (Å²) in [4.78, 5) is 2.01. The van der Waals surface area contributed by atoms with Crippen LogP contribution in [0.15, 0.2) is 29.3 Å². The number of ether oxygens (including phenoxy) is 1. The molecule has 0 aliphatic carbocycles. The summed E-state index contributed by atoms with van der Waals surface area (Å²) >= 11 is 8.95. The van der Waals surface area contributed by atoms with E-state index in [0.29, 0.717) is 11.7 Å². The van der Waals surface area contributed by atoms with Gasteiger partial charge in [-0.2, -0.15) is 0 Å². The van der Waals surface area contributed by atoms with Crippen LogP contribution in [0, 0.1) is 5.92 Å². The molecule has 3 unspecified atom stereocenters. The van der Waals surface area contributed by atoms with Gasteiger partial charge < -0.3 is 20.1 Å². The Morgan fingerprint density at radius 2 is 2.33 bits per heavy atom. The minimum absolute atomic E-state index is 0.00992. The third-order valence-corrected chi connectivity index (χ3v) is 5.34. The van der Waals surface area contributed by atoms with E-state index in [9.17, 15) is 5.11 Å². The SMILES string of the molecule is C=CCN1C(=S)NC2c3cc(O)cc(Br)c3OC1(C)C2C. The summed E-state index contributed by atoms with van der Waals surface area (Å²) in [5, 5.41) is 13.9. The van der Waals surface area contributed by atoms with Crippen molar-refractivity contribution in [2.45, 2.75) is 25.6 Å². The fraction of sp³-hybridized carbons (Fsp3) is 0.400. The molecule has 1 saturated heterocycles. The van der Waals surface area contributed by atoms with Crippen LogP contribution < -0.4 is 10.1 Å². The summed E-state index contributed by atoms with van der Waals surface area (Å²) in [6.45, 7) is 8.58. The number of phenols is 1. The zero-order chi connectivity index (χ0) is 15.4. The van der Waals surface area contributed by atoms with Crippen molar-refractivity contribution in [2.75, 3.05) is 6.54 Å². The first-order valence-corrected chi connectivity index (χ1v) is 7.99. The number of halogens is 1.